The molecular formula is C16H15NO4. The average Bonchev–Trinajstić information content (AvgIpc) is 3.08. The second-order valence-electron chi connectivity index (χ2n) is 5.13. The molecule has 0 saturated carbocycles. The SMILES string of the molecule is CCc1ccc2c(c1)C(O)(CC(=O)c1ccco1)C(=O)N2. The Bertz CT molecular complexity index is 705. The molecule has 2 N–H and O–H groups in total. The van der Waals surface area contributed by atoms with Gasteiger partial charge < -0.3 is 14.8 Å². The highest BCUT2D eigenvalue weighted by Crippen LogP contribution is 2.39. The summed E-state index contributed by atoms with van der Waals surface area (Å²) in [6.07, 6.45) is 1.82. The number of hydrogen-bond acceptors (Lipinski definition) is 4. The largest absolute Gasteiger partial charge is 0.461 e. The number of fused-ring (bicyclic) bond motifs is 1. The van der Waals surface area contributed by atoms with Crippen molar-refractivity contribution in [3.05, 3.63) is 53.5 Å². The number of ketones is 1. The molecule has 0 saturated heterocycles. The van der Waals surface area contributed by atoms with Gasteiger partial charge in [-0.25, -0.2) is 0 Å². The number of amides is 1. The van der Waals surface area contributed by atoms with Crippen molar-refractivity contribution in [2.24, 2.45) is 0 Å². The van der Waals surface area contributed by atoms with Gasteiger partial charge in [-0.2, -0.15) is 0 Å². The minimum absolute atomic E-state index is 0.135. The Hall–Kier alpha value is -2.40. The molecule has 0 bridgehead atoms. The maximum Gasteiger partial charge on any atom is 0.261 e. The first-order valence-electron chi connectivity index (χ1n) is 6.78. The van der Waals surface area contributed by atoms with Gasteiger partial charge in [-0.15, -0.1) is 0 Å². The predicted octanol–water partition coefficient (Wildman–Crippen LogP) is 2.25. The summed E-state index contributed by atoms with van der Waals surface area (Å²) in [5, 5.41) is 13.3. The third-order valence-electron chi connectivity index (χ3n) is 3.77. The fraction of sp³-hybridized carbons (Fsp3) is 0.250. The van der Waals surface area contributed by atoms with Crippen LogP contribution in [0.5, 0.6) is 0 Å². The summed E-state index contributed by atoms with van der Waals surface area (Å²) in [5.74, 6) is -0.852. The van der Waals surface area contributed by atoms with Gasteiger partial charge >= 0.3 is 0 Å². The molecule has 1 aliphatic rings. The maximum absolute atomic E-state index is 12.1. The van der Waals surface area contributed by atoms with Gasteiger partial charge in [0.05, 0.1) is 12.7 Å². The Balaban J connectivity index is 1.97. The highest BCUT2D eigenvalue weighted by molar-refractivity contribution is 6.08. The minimum Gasteiger partial charge on any atom is -0.461 e. The van der Waals surface area contributed by atoms with Gasteiger partial charge in [0, 0.05) is 11.3 Å². The fourth-order valence-corrected chi connectivity index (χ4v) is 2.54. The highest BCUT2D eigenvalue weighted by atomic mass is 16.3. The lowest BCUT2D eigenvalue weighted by atomic mass is 9.88. The van der Waals surface area contributed by atoms with Crippen molar-refractivity contribution in [1.82, 2.24) is 0 Å². The number of aliphatic hydroxyl groups is 1. The molecule has 108 valence electrons. The normalized spacial score (nSPS) is 20.2. The lowest BCUT2D eigenvalue weighted by Gasteiger charge is -2.19. The first-order valence-corrected chi connectivity index (χ1v) is 6.78. The molecule has 5 heteroatoms. The molecule has 1 atom stereocenters. The van der Waals surface area contributed by atoms with Crippen LogP contribution in [0.25, 0.3) is 0 Å². The summed E-state index contributed by atoms with van der Waals surface area (Å²) >= 11 is 0. The first-order chi connectivity index (χ1) is 10.0. The molecule has 1 amide bonds. The van der Waals surface area contributed by atoms with Gasteiger partial charge in [0.2, 0.25) is 5.78 Å². The molecule has 1 unspecified atom stereocenters. The molecule has 3 rings (SSSR count). The van der Waals surface area contributed by atoms with E-state index in [1.54, 1.807) is 18.2 Å². The molecule has 0 aliphatic carbocycles. The van der Waals surface area contributed by atoms with E-state index in [0.717, 1.165) is 12.0 Å². The van der Waals surface area contributed by atoms with E-state index in [0.29, 0.717) is 11.3 Å². The van der Waals surface area contributed by atoms with E-state index in [9.17, 15) is 14.7 Å². The first kappa shape index (κ1) is 13.6. The van der Waals surface area contributed by atoms with Gasteiger partial charge in [0.15, 0.2) is 11.4 Å². The van der Waals surface area contributed by atoms with Gasteiger partial charge in [0.1, 0.15) is 0 Å². The maximum atomic E-state index is 12.1. The Morgan fingerprint density at radius 3 is 2.86 bits per heavy atom. The monoisotopic (exact) mass is 285 g/mol. The van der Waals surface area contributed by atoms with Crippen molar-refractivity contribution in [2.75, 3.05) is 5.32 Å². The van der Waals surface area contributed by atoms with Crippen molar-refractivity contribution in [1.29, 1.82) is 0 Å². The quantitative estimate of drug-likeness (QED) is 0.844. The number of rotatable bonds is 4. The van der Waals surface area contributed by atoms with E-state index in [1.165, 1.54) is 12.3 Å². The molecule has 1 aromatic carbocycles. The van der Waals surface area contributed by atoms with Crippen LogP contribution in [0.15, 0.2) is 41.0 Å². The lowest BCUT2D eigenvalue weighted by Crippen LogP contribution is -2.36. The van der Waals surface area contributed by atoms with Gasteiger partial charge in [-0.05, 0) is 30.2 Å². The number of aryl methyl sites for hydroxylation is 1. The molecule has 5 nitrogen and oxygen atoms in total. The third-order valence-corrected chi connectivity index (χ3v) is 3.77. The van der Waals surface area contributed by atoms with Crippen LogP contribution in [-0.2, 0) is 16.8 Å². The van der Waals surface area contributed by atoms with Crippen molar-refractivity contribution in [3.8, 4) is 0 Å². The molecule has 0 spiro atoms. The Labute approximate surface area is 121 Å². The summed E-state index contributed by atoms with van der Waals surface area (Å²) in [6, 6.07) is 8.51. The van der Waals surface area contributed by atoms with Crippen LogP contribution >= 0.6 is 0 Å². The van der Waals surface area contributed by atoms with Crippen LogP contribution < -0.4 is 5.32 Å². The second-order valence-corrected chi connectivity index (χ2v) is 5.13. The number of Topliss-reactive ketones (excluding diaryl/α,β-unsaturated/α-hetero) is 1. The van der Waals surface area contributed by atoms with Crippen LogP contribution in [0.2, 0.25) is 0 Å². The fourth-order valence-electron chi connectivity index (χ4n) is 2.54. The number of benzene rings is 1. The lowest BCUT2D eigenvalue weighted by molar-refractivity contribution is -0.133. The van der Waals surface area contributed by atoms with Crippen molar-refractivity contribution >= 4 is 17.4 Å². The van der Waals surface area contributed by atoms with Crippen molar-refractivity contribution in [3.63, 3.8) is 0 Å². The number of carbonyl (C=O) groups excluding carboxylic acids is 2. The summed E-state index contributed by atoms with van der Waals surface area (Å²) in [7, 11) is 0. The predicted molar refractivity (Wildman–Crippen MR) is 76.0 cm³/mol. The zero-order valence-electron chi connectivity index (χ0n) is 11.6. The van der Waals surface area contributed by atoms with Gasteiger partial charge in [0.25, 0.3) is 5.91 Å². The summed E-state index contributed by atoms with van der Waals surface area (Å²) in [5.41, 5.74) is 0.150. The molecule has 2 heterocycles. The van der Waals surface area contributed by atoms with Crippen molar-refractivity contribution < 1.29 is 19.1 Å². The van der Waals surface area contributed by atoms with Crippen LogP contribution in [-0.4, -0.2) is 16.8 Å². The number of hydrogen-bond donors (Lipinski definition) is 2. The highest BCUT2D eigenvalue weighted by Gasteiger charge is 2.47. The van der Waals surface area contributed by atoms with E-state index in [4.69, 9.17) is 4.42 Å². The van der Waals surface area contributed by atoms with Gasteiger partial charge in [-0.3, -0.25) is 9.59 Å². The number of anilines is 1. The number of carbonyl (C=O) groups is 2. The van der Waals surface area contributed by atoms with Crippen LogP contribution in [0, 0.1) is 0 Å². The third kappa shape index (κ3) is 2.15. The standard InChI is InChI=1S/C16H15NO4/c1-2-10-5-6-12-11(8-10)16(20,15(19)17-12)9-13(18)14-4-3-7-21-14/h3-8,20H,2,9H2,1H3,(H,17,19). The molecule has 2 aromatic rings. The Morgan fingerprint density at radius 1 is 1.38 bits per heavy atom. The zero-order valence-corrected chi connectivity index (χ0v) is 11.6. The van der Waals surface area contributed by atoms with E-state index in [-0.39, 0.29) is 12.2 Å². The molecule has 0 fully saturated rings. The van der Waals surface area contributed by atoms with Crippen molar-refractivity contribution in [2.45, 2.75) is 25.4 Å². The summed E-state index contributed by atoms with van der Waals surface area (Å²) < 4.78 is 5.03. The van der Waals surface area contributed by atoms with Crippen LogP contribution in [0.4, 0.5) is 5.69 Å². The van der Waals surface area contributed by atoms with Crippen LogP contribution in [0.1, 0.15) is 35.0 Å². The van der Waals surface area contributed by atoms with Gasteiger partial charge in [-0.1, -0.05) is 19.1 Å². The van der Waals surface area contributed by atoms with E-state index < -0.39 is 17.3 Å². The molecule has 0 radical (unpaired) electrons. The summed E-state index contributed by atoms with van der Waals surface area (Å²) in [4.78, 5) is 24.3. The van der Waals surface area contributed by atoms with E-state index in [2.05, 4.69) is 5.32 Å². The van der Waals surface area contributed by atoms with E-state index in [1.807, 2.05) is 13.0 Å². The smallest absolute Gasteiger partial charge is 0.261 e. The molecular weight excluding hydrogens is 270 g/mol. The summed E-state index contributed by atoms with van der Waals surface area (Å²) in [6.45, 7) is 1.99. The average molecular weight is 285 g/mol. The van der Waals surface area contributed by atoms with Crippen LogP contribution in [0.3, 0.4) is 0 Å². The molecule has 1 aromatic heterocycles. The number of furan rings is 1. The topological polar surface area (TPSA) is 79.5 Å². The minimum atomic E-state index is -1.84. The Morgan fingerprint density at radius 2 is 2.19 bits per heavy atom. The molecule has 21 heavy (non-hydrogen) atoms. The number of nitrogens with one attached hydrogen (secondary N) is 1. The zero-order chi connectivity index (χ0) is 15.0. The Kier molecular flexibility index (Phi) is 3.14. The molecule has 1 aliphatic heterocycles. The van der Waals surface area contributed by atoms with E-state index >= 15 is 0 Å². The second kappa shape index (κ2) is 4.86.